The predicted octanol–water partition coefficient (Wildman–Crippen LogP) is 6.22. The monoisotopic (exact) mass is 538 g/mol. The third-order valence-electron chi connectivity index (χ3n) is 7.23. The minimum atomic E-state index is -0.265. The molecule has 0 aromatic heterocycles. The Morgan fingerprint density at radius 2 is 1.49 bits per heavy atom. The molecule has 1 atom stereocenters. The van der Waals surface area contributed by atoms with Crippen LogP contribution in [0.2, 0.25) is 5.02 Å². The van der Waals surface area contributed by atoms with E-state index in [1.807, 2.05) is 36.4 Å². The molecule has 0 saturated heterocycles. The van der Waals surface area contributed by atoms with Crippen molar-refractivity contribution in [3.63, 3.8) is 0 Å². The maximum absolute atomic E-state index is 12.5. The Hall–Kier alpha value is -4.13. The van der Waals surface area contributed by atoms with Gasteiger partial charge in [0, 0.05) is 42.5 Å². The van der Waals surface area contributed by atoms with Crippen LogP contribution in [0.25, 0.3) is 0 Å². The van der Waals surface area contributed by atoms with E-state index < -0.39 is 0 Å². The van der Waals surface area contributed by atoms with E-state index in [0.717, 1.165) is 18.8 Å². The van der Waals surface area contributed by atoms with Crippen molar-refractivity contribution in [3.8, 4) is 0 Å². The van der Waals surface area contributed by atoms with Gasteiger partial charge in [0.1, 0.15) is 6.42 Å². The molecular formula is C32H31ClN4O2. The van der Waals surface area contributed by atoms with E-state index >= 15 is 0 Å². The number of nitrogen functional groups attached to an aromatic ring is 1. The summed E-state index contributed by atoms with van der Waals surface area (Å²) in [6.45, 7) is 2.01. The van der Waals surface area contributed by atoms with E-state index in [1.54, 1.807) is 30.1 Å². The number of halogens is 1. The minimum Gasteiger partial charge on any atom is -0.398 e. The van der Waals surface area contributed by atoms with Crippen molar-refractivity contribution in [3.05, 3.63) is 119 Å². The van der Waals surface area contributed by atoms with Gasteiger partial charge in [-0.2, -0.15) is 0 Å². The fourth-order valence-electron chi connectivity index (χ4n) is 5.26. The highest BCUT2D eigenvalue weighted by Crippen LogP contribution is 2.39. The number of anilines is 4. The van der Waals surface area contributed by atoms with Gasteiger partial charge >= 0.3 is 0 Å². The zero-order valence-electron chi connectivity index (χ0n) is 22.0. The molecular weight excluding hydrogens is 508 g/mol. The molecule has 0 bridgehead atoms. The van der Waals surface area contributed by atoms with E-state index in [-0.39, 0.29) is 18.2 Å². The summed E-state index contributed by atoms with van der Waals surface area (Å²) in [7, 11) is 3.82. The molecule has 6 rings (SSSR count). The van der Waals surface area contributed by atoms with Crippen LogP contribution in [0, 0.1) is 0 Å². The molecule has 1 unspecified atom stereocenters. The third-order valence-corrected chi connectivity index (χ3v) is 7.46. The number of fused-ring (bicyclic) bond motifs is 2. The summed E-state index contributed by atoms with van der Waals surface area (Å²) < 4.78 is 0. The molecule has 2 aliphatic rings. The Morgan fingerprint density at radius 3 is 2.21 bits per heavy atom. The number of likely N-dealkylation sites (N-methyl/N-ethyl adjacent to an activating group) is 1. The zero-order valence-corrected chi connectivity index (χ0v) is 22.8. The molecule has 0 saturated carbocycles. The maximum Gasteiger partial charge on any atom is 0.241 e. The number of hydrogen-bond donors (Lipinski definition) is 1. The van der Waals surface area contributed by atoms with Gasteiger partial charge in [-0.3, -0.25) is 14.5 Å². The number of nitrogens with two attached hydrogens (primary N) is 1. The predicted molar refractivity (Wildman–Crippen MR) is 159 cm³/mol. The first kappa shape index (κ1) is 26.5. The number of para-hydroxylation sites is 1. The molecule has 2 heterocycles. The molecule has 2 aliphatic heterocycles. The van der Waals surface area contributed by atoms with Crippen LogP contribution in [-0.4, -0.2) is 37.4 Å². The van der Waals surface area contributed by atoms with Crippen LogP contribution in [0.1, 0.15) is 29.0 Å². The highest BCUT2D eigenvalue weighted by molar-refractivity contribution is 6.31. The highest BCUT2D eigenvalue weighted by atomic mass is 35.5. The van der Waals surface area contributed by atoms with Crippen LogP contribution in [0.4, 0.5) is 22.7 Å². The van der Waals surface area contributed by atoms with Crippen LogP contribution in [0.15, 0.2) is 97.1 Å². The normalized spacial score (nSPS) is 17.1. The molecule has 0 aliphatic carbocycles. The highest BCUT2D eigenvalue weighted by Gasteiger charge is 2.31. The second-order valence-corrected chi connectivity index (χ2v) is 10.3. The fourth-order valence-corrected chi connectivity index (χ4v) is 5.43. The molecule has 0 fully saturated rings. The van der Waals surface area contributed by atoms with E-state index in [2.05, 4.69) is 54.4 Å². The summed E-state index contributed by atoms with van der Waals surface area (Å²) in [5.74, 6) is -0.0653. The number of benzene rings is 4. The number of amides is 2. The van der Waals surface area contributed by atoms with Gasteiger partial charge < -0.3 is 15.5 Å². The fraction of sp³-hybridized carbons (Fsp3) is 0.188. The lowest BCUT2D eigenvalue weighted by Crippen LogP contribution is -2.31. The van der Waals surface area contributed by atoms with Gasteiger partial charge in [0.25, 0.3) is 0 Å². The van der Waals surface area contributed by atoms with Crippen molar-refractivity contribution < 1.29 is 9.59 Å². The molecule has 198 valence electrons. The lowest BCUT2D eigenvalue weighted by molar-refractivity contribution is -0.125. The van der Waals surface area contributed by atoms with Gasteiger partial charge in [-0.25, -0.2) is 0 Å². The van der Waals surface area contributed by atoms with E-state index in [1.165, 1.54) is 21.6 Å². The summed E-state index contributed by atoms with van der Waals surface area (Å²) in [6.07, 6.45) is -0.169. The third kappa shape index (κ3) is 5.53. The largest absolute Gasteiger partial charge is 0.398 e. The maximum atomic E-state index is 12.5. The van der Waals surface area contributed by atoms with Gasteiger partial charge in [0.15, 0.2) is 0 Å². The average molecular weight is 539 g/mol. The summed E-state index contributed by atoms with van der Waals surface area (Å²) >= 11 is 6.07. The number of hydrogen-bond acceptors (Lipinski definition) is 4. The smallest absolute Gasteiger partial charge is 0.241 e. The van der Waals surface area contributed by atoms with Crippen molar-refractivity contribution in [2.75, 3.05) is 36.2 Å². The summed E-state index contributed by atoms with van der Waals surface area (Å²) in [6, 6.07) is 31.4. The topological polar surface area (TPSA) is 69.9 Å². The Balaban J connectivity index is 0.000000160. The molecule has 39 heavy (non-hydrogen) atoms. The number of carbonyl (C=O) groups is 2. The van der Waals surface area contributed by atoms with Crippen LogP contribution in [0.3, 0.4) is 0 Å². The lowest BCUT2D eigenvalue weighted by atomic mass is 9.84. The van der Waals surface area contributed by atoms with Crippen molar-refractivity contribution in [1.29, 1.82) is 0 Å². The molecule has 2 amide bonds. The van der Waals surface area contributed by atoms with E-state index in [4.69, 9.17) is 17.3 Å². The van der Waals surface area contributed by atoms with Crippen LogP contribution in [-0.2, 0) is 16.1 Å². The van der Waals surface area contributed by atoms with Crippen molar-refractivity contribution in [2.24, 2.45) is 0 Å². The Morgan fingerprint density at radius 1 is 0.795 bits per heavy atom. The van der Waals surface area contributed by atoms with Crippen LogP contribution >= 0.6 is 11.6 Å². The zero-order chi connectivity index (χ0) is 27.5. The molecule has 4 aromatic carbocycles. The molecule has 7 heteroatoms. The molecule has 0 radical (unpaired) electrons. The lowest BCUT2D eigenvalue weighted by Gasteiger charge is -2.33. The SMILES string of the molecule is CN1C(=O)CC(=O)N(c2ccccc2)c2cc(Cl)ccc21.CN1Cc2c(N)cccc2C(c2ccccc2)C1. The van der Waals surface area contributed by atoms with Gasteiger partial charge in [-0.15, -0.1) is 0 Å². The molecule has 0 spiro atoms. The van der Waals surface area contributed by atoms with E-state index in [9.17, 15) is 9.59 Å². The Kier molecular flexibility index (Phi) is 7.68. The van der Waals surface area contributed by atoms with Crippen LogP contribution in [0.5, 0.6) is 0 Å². The molecule has 6 nitrogen and oxygen atoms in total. The van der Waals surface area contributed by atoms with Crippen molar-refractivity contribution >= 4 is 46.2 Å². The van der Waals surface area contributed by atoms with Crippen molar-refractivity contribution in [2.45, 2.75) is 18.9 Å². The number of rotatable bonds is 2. The van der Waals surface area contributed by atoms with E-state index in [0.29, 0.717) is 28.0 Å². The first-order valence-electron chi connectivity index (χ1n) is 12.9. The number of nitrogens with zero attached hydrogens (tertiary/aromatic N) is 3. The van der Waals surface area contributed by atoms with Crippen LogP contribution < -0.4 is 15.5 Å². The quantitative estimate of drug-likeness (QED) is 0.243. The number of carbonyl (C=O) groups excluding carboxylic acids is 2. The van der Waals surface area contributed by atoms with Gasteiger partial charge in [-0.05, 0) is 60.1 Å². The standard InChI is InChI=1S/C16H13ClN2O2.C16H18N2/c1-18-13-8-7-11(17)9-14(13)19(16(21)10-15(18)20)12-5-3-2-4-6-12;1-18-10-14(12-6-3-2-4-7-12)13-8-5-9-16(17)15(13)11-18/h2-9H,10H2,1H3;2-9,14H,10-11,17H2,1H3. The first-order chi connectivity index (χ1) is 18.8. The average Bonchev–Trinajstić information content (AvgIpc) is 3.03. The van der Waals surface area contributed by atoms with Crippen molar-refractivity contribution in [1.82, 2.24) is 4.90 Å². The summed E-state index contributed by atoms with van der Waals surface area (Å²) in [4.78, 5) is 30.0. The van der Waals surface area contributed by atoms with Gasteiger partial charge in [-0.1, -0.05) is 72.3 Å². The van der Waals surface area contributed by atoms with Gasteiger partial charge in [0.2, 0.25) is 11.8 Å². The Bertz CT molecular complexity index is 1490. The first-order valence-corrected chi connectivity index (χ1v) is 13.3. The minimum absolute atomic E-state index is 0.169. The summed E-state index contributed by atoms with van der Waals surface area (Å²) in [5, 5.41) is 0.519. The second-order valence-electron chi connectivity index (χ2n) is 9.90. The second kappa shape index (κ2) is 11.3. The molecule has 4 aromatic rings. The molecule has 2 N–H and O–H groups in total. The summed E-state index contributed by atoms with van der Waals surface area (Å²) in [5.41, 5.74) is 13.1. The Labute approximate surface area is 234 Å². The van der Waals surface area contributed by atoms with Gasteiger partial charge in [0.05, 0.1) is 11.4 Å².